The summed E-state index contributed by atoms with van der Waals surface area (Å²) in [7, 11) is 0. The van der Waals surface area contributed by atoms with E-state index in [4.69, 9.17) is 0 Å². The van der Waals surface area contributed by atoms with Crippen LogP contribution in [0.1, 0.15) is 24.8 Å². The summed E-state index contributed by atoms with van der Waals surface area (Å²) in [6, 6.07) is 12.1. The summed E-state index contributed by atoms with van der Waals surface area (Å²) in [6.07, 6.45) is 6.09. The summed E-state index contributed by atoms with van der Waals surface area (Å²) in [5, 5.41) is 6.01. The largest absolute Gasteiger partial charge is 0.361 e. The zero-order chi connectivity index (χ0) is 17.3. The molecule has 1 saturated heterocycles. The summed E-state index contributed by atoms with van der Waals surface area (Å²) >= 11 is 0. The van der Waals surface area contributed by atoms with Crippen LogP contribution in [0.25, 0.3) is 0 Å². The Kier molecular flexibility index (Phi) is 6.20. The first-order valence-corrected chi connectivity index (χ1v) is 8.93. The van der Waals surface area contributed by atoms with Gasteiger partial charge in [0.05, 0.1) is 6.54 Å². The molecule has 1 aliphatic rings. The fraction of sp³-hybridized carbons (Fsp3) is 0.421. The minimum atomic E-state index is -0.0333. The number of aromatic nitrogens is 2. The molecule has 1 fully saturated rings. The Labute approximate surface area is 148 Å². The molecular formula is C19H25N5O. The van der Waals surface area contributed by atoms with Gasteiger partial charge in [0.25, 0.3) is 0 Å². The first-order valence-electron chi connectivity index (χ1n) is 8.93. The van der Waals surface area contributed by atoms with Crippen LogP contribution in [0, 0.1) is 0 Å². The lowest BCUT2D eigenvalue weighted by Gasteiger charge is -2.27. The summed E-state index contributed by atoms with van der Waals surface area (Å²) < 4.78 is 0. The van der Waals surface area contributed by atoms with Gasteiger partial charge in [0.2, 0.25) is 5.91 Å². The third-order valence-electron chi connectivity index (χ3n) is 4.34. The molecule has 2 N–H and O–H groups in total. The number of hydrogen-bond donors (Lipinski definition) is 2. The van der Waals surface area contributed by atoms with Gasteiger partial charge in [0, 0.05) is 25.7 Å². The van der Waals surface area contributed by atoms with Crippen LogP contribution in [0.2, 0.25) is 0 Å². The number of nitrogens with zero attached hydrogens (tertiary/aromatic N) is 3. The number of anilines is 2. The zero-order valence-electron chi connectivity index (χ0n) is 14.4. The van der Waals surface area contributed by atoms with Gasteiger partial charge in [-0.15, -0.1) is 0 Å². The number of hydrogen-bond acceptors (Lipinski definition) is 5. The number of benzene rings is 1. The highest BCUT2D eigenvalue weighted by atomic mass is 16.1. The Balaban J connectivity index is 1.42. The van der Waals surface area contributed by atoms with Crippen LogP contribution in [0.15, 0.2) is 42.7 Å². The van der Waals surface area contributed by atoms with Crippen molar-refractivity contribution in [2.24, 2.45) is 0 Å². The third-order valence-corrected chi connectivity index (χ3v) is 4.34. The van der Waals surface area contributed by atoms with Gasteiger partial charge in [-0.3, -0.25) is 4.79 Å². The van der Waals surface area contributed by atoms with E-state index in [0.717, 1.165) is 25.3 Å². The van der Waals surface area contributed by atoms with Crippen LogP contribution in [-0.4, -0.2) is 42.1 Å². The van der Waals surface area contributed by atoms with E-state index in [1.54, 1.807) is 6.33 Å². The van der Waals surface area contributed by atoms with Gasteiger partial charge in [-0.1, -0.05) is 30.3 Å². The van der Waals surface area contributed by atoms with Crippen molar-refractivity contribution in [2.75, 3.05) is 36.4 Å². The summed E-state index contributed by atoms with van der Waals surface area (Å²) in [4.78, 5) is 22.8. The molecule has 6 nitrogen and oxygen atoms in total. The lowest BCUT2D eigenvalue weighted by atomic mass is 10.1. The van der Waals surface area contributed by atoms with E-state index in [0.29, 0.717) is 12.4 Å². The summed E-state index contributed by atoms with van der Waals surface area (Å²) in [5.74, 6) is 1.59. The molecule has 2 aromatic rings. The van der Waals surface area contributed by atoms with Gasteiger partial charge in [0.15, 0.2) is 0 Å². The lowest BCUT2D eigenvalue weighted by Crippen LogP contribution is -2.32. The Morgan fingerprint density at radius 3 is 2.68 bits per heavy atom. The van der Waals surface area contributed by atoms with Crippen LogP contribution in [0.5, 0.6) is 0 Å². The highest BCUT2D eigenvalue weighted by molar-refractivity contribution is 5.80. The van der Waals surface area contributed by atoms with Crippen molar-refractivity contribution in [3.63, 3.8) is 0 Å². The average molecular weight is 339 g/mol. The molecule has 25 heavy (non-hydrogen) atoms. The molecule has 1 aliphatic heterocycles. The predicted molar refractivity (Wildman–Crippen MR) is 99.7 cm³/mol. The molecular weight excluding hydrogens is 314 g/mol. The van der Waals surface area contributed by atoms with Gasteiger partial charge in [0.1, 0.15) is 18.0 Å². The molecule has 0 spiro atoms. The van der Waals surface area contributed by atoms with Crippen LogP contribution in [-0.2, 0) is 11.2 Å². The lowest BCUT2D eigenvalue weighted by molar-refractivity contribution is -0.119. The maximum absolute atomic E-state index is 12.0. The molecule has 2 heterocycles. The van der Waals surface area contributed by atoms with Crippen LogP contribution < -0.4 is 15.5 Å². The average Bonchev–Trinajstić information content (AvgIpc) is 2.68. The normalized spacial score (nSPS) is 14.2. The van der Waals surface area contributed by atoms with E-state index in [-0.39, 0.29) is 12.5 Å². The topological polar surface area (TPSA) is 70.2 Å². The Morgan fingerprint density at radius 1 is 1.08 bits per heavy atom. The fourth-order valence-electron chi connectivity index (χ4n) is 2.96. The van der Waals surface area contributed by atoms with Gasteiger partial charge >= 0.3 is 0 Å². The quantitative estimate of drug-likeness (QED) is 0.809. The van der Waals surface area contributed by atoms with E-state index in [1.165, 1.54) is 24.8 Å². The minimum Gasteiger partial charge on any atom is -0.361 e. The monoisotopic (exact) mass is 339 g/mol. The second-order valence-corrected chi connectivity index (χ2v) is 6.25. The molecule has 1 aromatic carbocycles. The van der Waals surface area contributed by atoms with E-state index in [1.807, 2.05) is 24.3 Å². The first kappa shape index (κ1) is 17.2. The molecule has 1 amide bonds. The fourth-order valence-corrected chi connectivity index (χ4v) is 2.96. The van der Waals surface area contributed by atoms with Crippen molar-refractivity contribution in [3.8, 4) is 0 Å². The van der Waals surface area contributed by atoms with Crippen molar-refractivity contribution in [2.45, 2.75) is 25.7 Å². The molecule has 0 saturated carbocycles. The van der Waals surface area contributed by atoms with Crippen molar-refractivity contribution in [3.05, 3.63) is 48.3 Å². The highest BCUT2D eigenvalue weighted by Crippen LogP contribution is 2.18. The van der Waals surface area contributed by atoms with E-state index in [2.05, 4.69) is 37.6 Å². The maximum Gasteiger partial charge on any atom is 0.239 e. The summed E-state index contributed by atoms with van der Waals surface area (Å²) in [5.41, 5.74) is 1.22. The SMILES string of the molecule is O=C(CNc1cc(N2CCCCC2)ncn1)NCCc1ccccc1. The molecule has 0 unspecified atom stereocenters. The second-order valence-electron chi connectivity index (χ2n) is 6.25. The Hall–Kier alpha value is -2.63. The number of piperidine rings is 1. The molecule has 1 aromatic heterocycles. The van der Waals surface area contributed by atoms with Crippen LogP contribution in [0.4, 0.5) is 11.6 Å². The van der Waals surface area contributed by atoms with Crippen LogP contribution in [0.3, 0.4) is 0 Å². The van der Waals surface area contributed by atoms with E-state index < -0.39 is 0 Å². The number of nitrogens with one attached hydrogen (secondary N) is 2. The van der Waals surface area contributed by atoms with Crippen molar-refractivity contribution in [1.82, 2.24) is 15.3 Å². The number of rotatable bonds is 7. The van der Waals surface area contributed by atoms with Crippen molar-refractivity contribution < 1.29 is 4.79 Å². The van der Waals surface area contributed by atoms with Gasteiger partial charge in [-0.2, -0.15) is 0 Å². The van der Waals surface area contributed by atoms with Crippen LogP contribution >= 0.6 is 0 Å². The second kappa shape index (κ2) is 9.01. The molecule has 0 atom stereocenters. The molecule has 3 rings (SSSR count). The zero-order valence-corrected chi connectivity index (χ0v) is 14.4. The maximum atomic E-state index is 12.0. The molecule has 0 bridgehead atoms. The molecule has 0 aliphatic carbocycles. The van der Waals surface area contributed by atoms with Gasteiger partial charge < -0.3 is 15.5 Å². The minimum absolute atomic E-state index is 0.0333. The standard InChI is InChI=1S/C19H25N5O/c25-19(20-10-9-16-7-3-1-4-8-16)14-21-17-13-18(23-15-22-17)24-11-5-2-6-12-24/h1,3-4,7-8,13,15H,2,5-6,9-12,14H2,(H,20,25)(H,21,22,23). The predicted octanol–water partition coefficient (Wildman–Crippen LogP) is 2.24. The summed E-state index contributed by atoms with van der Waals surface area (Å²) in [6.45, 7) is 2.92. The Bertz CT molecular complexity index is 671. The number of carbonyl (C=O) groups is 1. The third kappa shape index (κ3) is 5.45. The van der Waals surface area contributed by atoms with Gasteiger partial charge in [-0.25, -0.2) is 9.97 Å². The number of amides is 1. The van der Waals surface area contributed by atoms with Crippen molar-refractivity contribution >= 4 is 17.5 Å². The van der Waals surface area contributed by atoms with Gasteiger partial charge in [-0.05, 0) is 31.2 Å². The Morgan fingerprint density at radius 2 is 1.88 bits per heavy atom. The number of carbonyl (C=O) groups excluding carboxylic acids is 1. The molecule has 132 valence electrons. The molecule has 0 radical (unpaired) electrons. The highest BCUT2D eigenvalue weighted by Gasteiger charge is 2.12. The van der Waals surface area contributed by atoms with Crippen molar-refractivity contribution in [1.29, 1.82) is 0 Å². The smallest absolute Gasteiger partial charge is 0.239 e. The molecule has 6 heteroatoms. The van der Waals surface area contributed by atoms with E-state index >= 15 is 0 Å². The van der Waals surface area contributed by atoms with E-state index in [9.17, 15) is 4.79 Å². The first-order chi connectivity index (χ1) is 12.3.